The van der Waals surface area contributed by atoms with Gasteiger partial charge in [0.05, 0.1) is 4.90 Å². The lowest BCUT2D eigenvalue weighted by Gasteiger charge is -2.07. The Kier molecular flexibility index (Phi) is 6.76. The van der Waals surface area contributed by atoms with Crippen LogP contribution in [-0.2, 0) is 21.2 Å². The highest BCUT2D eigenvalue weighted by atomic mass is 79.9. The average molecular weight is 417 g/mol. The summed E-state index contributed by atoms with van der Waals surface area (Å²) in [6.07, 6.45) is 0.894. The van der Waals surface area contributed by atoms with Gasteiger partial charge in [0.1, 0.15) is 0 Å². The third kappa shape index (κ3) is 6.06. The van der Waals surface area contributed by atoms with Crippen LogP contribution in [0.15, 0.2) is 51.1 Å². The second-order valence-electron chi connectivity index (χ2n) is 4.78. The number of hydrogen-bond acceptors (Lipinski definition) is 4. The van der Waals surface area contributed by atoms with Crippen molar-refractivity contribution in [3.8, 4) is 0 Å². The third-order valence-corrected chi connectivity index (χ3v) is 5.91. The van der Waals surface area contributed by atoms with Crippen LogP contribution >= 0.6 is 27.3 Å². The summed E-state index contributed by atoms with van der Waals surface area (Å²) in [5.74, 6) is -0.168. The predicted molar refractivity (Wildman–Crippen MR) is 95.0 cm³/mol. The van der Waals surface area contributed by atoms with Gasteiger partial charge >= 0.3 is 0 Å². The van der Waals surface area contributed by atoms with Crippen molar-refractivity contribution in [3.05, 3.63) is 51.1 Å². The topological polar surface area (TPSA) is 75.3 Å². The summed E-state index contributed by atoms with van der Waals surface area (Å²) in [4.78, 5) is 13.1. The molecule has 8 heteroatoms. The molecule has 0 atom stereocenters. The summed E-state index contributed by atoms with van der Waals surface area (Å²) in [6, 6.07) is 10.4. The highest BCUT2D eigenvalue weighted by molar-refractivity contribution is 9.10. The van der Waals surface area contributed by atoms with Crippen LogP contribution in [0, 0.1) is 0 Å². The number of benzene rings is 1. The molecule has 5 nitrogen and oxygen atoms in total. The van der Waals surface area contributed by atoms with Crippen molar-refractivity contribution in [3.63, 3.8) is 0 Å². The first-order valence-electron chi connectivity index (χ1n) is 7.02. The monoisotopic (exact) mass is 416 g/mol. The van der Waals surface area contributed by atoms with Crippen molar-refractivity contribution in [2.75, 3.05) is 13.1 Å². The van der Waals surface area contributed by atoms with E-state index in [-0.39, 0.29) is 23.8 Å². The van der Waals surface area contributed by atoms with Crippen molar-refractivity contribution >= 4 is 43.2 Å². The fourth-order valence-electron chi connectivity index (χ4n) is 1.88. The Hall–Kier alpha value is -1.22. The molecule has 0 fully saturated rings. The number of hydrogen-bond donors (Lipinski definition) is 2. The number of carbonyl (C=O) groups excluding carboxylic acids is 1. The molecule has 1 aromatic heterocycles. The molecular weight excluding hydrogens is 400 g/mol. The van der Waals surface area contributed by atoms with Gasteiger partial charge in [-0.1, -0.05) is 28.1 Å². The maximum absolute atomic E-state index is 12.1. The highest BCUT2D eigenvalue weighted by Crippen LogP contribution is 2.15. The zero-order chi connectivity index (χ0) is 16.7. The van der Waals surface area contributed by atoms with E-state index in [4.69, 9.17) is 0 Å². The molecule has 0 saturated heterocycles. The zero-order valence-electron chi connectivity index (χ0n) is 12.3. The molecule has 2 N–H and O–H groups in total. The molecule has 0 aliphatic heterocycles. The summed E-state index contributed by atoms with van der Waals surface area (Å²) in [5, 5.41) is 4.78. The van der Waals surface area contributed by atoms with Crippen LogP contribution in [0.25, 0.3) is 0 Å². The molecule has 2 aromatic rings. The van der Waals surface area contributed by atoms with Crippen molar-refractivity contribution in [2.45, 2.75) is 17.7 Å². The first-order valence-corrected chi connectivity index (χ1v) is 10.2. The number of thiophene rings is 1. The Morgan fingerprint density at radius 3 is 2.70 bits per heavy atom. The molecule has 2 rings (SSSR count). The summed E-state index contributed by atoms with van der Waals surface area (Å²) in [5.41, 5.74) is 0. The molecule has 0 unspecified atom stereocenters. The average Bonchev–Trinajstić information content (AvgIpc) is 3.00. The second kappa shape index (κ2) is 8.58. The molecule has 0 aliphatic carbocycles. The van der Waals surface area contributed by atoms with E-state index in [2.05, 4.69) is 26.0 Å². The number of halogens is 1. The summed E-state index contributed by atoms with van der Waals surface area (Å²) < 4.78 is 27.3. The van der Waals surface area contributed by atoms with Gasteiger partial charge < -0.3 is 5.32 Å². The largest absolute Gasteiger partial charge is 0.356 e. The fourth-order valence-corrected chi connectivity index (χ4v) is 4.22. The van der Waals surface area contributed by atoms with Crippen LogP contribution in [0.1, 0.15) is 11.3 Å². The van der Waals surface area contributed by atoms with Crippen LogP contribution in [0.4, 0.5) is 0 Å². The molecule has 1 aromatic carbocycles. The maximum Gasteiger partial charge on any atom is 0.240 e. The van der Waals surface area contributed by atoms with Crippen molar-refractivity contribution in [1.29, 1.82) is 0 Å². The molecule has 1 heterocycles. The van der Waals surface area contributed by atoms with E-state index in [9.17, 15) is 13.2 Å². The molecule has 1 amide bonds. The minimum atomic E-state index is -3.59. The number of amides is 1. The Morgan fingerprint density at radius 2 is 2.00 bits per heavy atom. The molecule has 124 valence electrons. The van der Waals surface area contributed by atoms with E-state index in [0.29, 0.717) is 11.0 Å². The summed E-state index contributed by atoms with van der Waals surface area (Å²) in [6.45, 7) is 0.622. The van der Waals surface area contributed by atoms with Crippen LogP contribution < -0.4 is 10.0 Å². The van der Waals surface area contributed by atoms with Crippen molar-refractivity contribution < 1.29 is 13.2 Å². The first kappa shape index (κ1) is 18.1. The Balaban J connectivity index is 1.72. The van der Waals surface area contributed by atoms with Gasteiger partial charge in [0.25, 0.3) is 0 Å². The van der Waals surface area contributed by atoms with E-state index in [0.717, 1.165) is 6.42 Å². The number of rotatable bonds is 8. The lowest BCUT2D eigenvalue weighted by Crippen LogP contribution is -2.31. The lowest BCUT2D eigenvalue weighted by molar-refractivity contribution is -0.120. The molecule has 0 radical (unpaired) electrons. The molecule has 0 spiro atoms. The number of sulfonamides is 1. The molecule has 23 heavy (non-hydrogen) atoms. The van der Waals surface area contributed by atoms with Gasteiger partial charge in [-0.05, 0) is 36.1 Å². The fraction of sp³-hybridized carbons (Fsp3) is 0.267. The van der Waals surface area contributed by atoms with Gasteiger partial charge in [-0.3, -0.25) is 4.79 Å². The minimum absolute atomic E-state index is 0.0691. The van der Waals surface area contributed by atoms with Crippen LogP contribution in [0.2, 0.25) is 0 Å². The molecular formula is C15H17BrN2O3S2. The predicted octanol–water partition coefficient (Wildman–Crippen LogP) is 2.54. The maximum atomic E-state index is 12.1. The van der Waals surface area contributed by atoms with Gasteiger partial charge in [-0.2, -0.15) is 0 Å². The molecule has 0 aliphatic rings. The minimum Gasteiger partial charge on any atom is -0.356 e. The number of carbonyl (C=O) groups is 1. The second-order valence-corrected chi connectivity index (χ2v) is 8.50. The van der Waals surface area contributed by atoms with Gasteiger partial charge in [0.2, 0.25) is 15.9 Å². The van der Waals surface area contributed by atoms with Crippen LogP contribution in [0.5, 0.6) is 0 Å². The normalized spacial score (nSPS) is 11.3. The van der Waals surface area contributed by atoms with Crippen molar-refractivity contribution in [2.24, 2.45) is 0 Å². The van der Waals surface area contributed by atoms with Crippen LogP contribution in [0.3, 0.4) is 0 Å². The Labute approximate surface area is 148 Å². The quantitative estimate of drug-likeness (QED) is 0.693. The first-order chi connectivity index (χ1) is 11.0. The Bertz CT molecular complexity index is 746. The van der Waals surface area contributed by atoms with Gasteiger partial charge in [-0.25, -0.2) is 13.1 Å². The van der Waals surface area contributed by atoms with Crippen LogP contribution in [-0.4, -0.2) is 27.4 Å². The van der Waals surface area contributed by atoms with E-state index in [1.807, 2.05) is 17.5 Å². The summed E-state index contributed by atoms with van der Waals surface area (Å²) >= 11 is 4.88. The van der Waals surface area contributed by atoms with E-state index >= 15 is 0 Å². The van der Waals surface area contributed by atoms with Gasteiger partial charge in [-0.15, -0.1) is 11.3 Å². The van der Waals surface area contributed by atoms with Crippen molar-refractivity contribution in [1.82, 2.24) is 10.0 Å². The zero-order valence-corrected chi connectivity index (χ0v) is 15.5. The van der Waals surface area contributed by atoms with Gasteiger partial charge in [0, 0.05) is 28.9 Å². The molecule has 0 saturated carbocycles. The Morgan fingerprint density at radius 1 is 1.17 bits per heavy atom. The summed E-state index contributed by atoms with van der Waals surface area (Å²) in [7, 11) is -3.59. The highest BCUT2D eigenvalue weighted by Gasteiger charge is 2.14. The molecule has 0 bridgehead atoms. The SMILES string of the molecule is O=C(CCNS(=O)(=O)c1cccc(Br)c1)NCCc1cccs1. The van der Waals surface area contributed by atoms with E-state index in [1.54, 1.807) is 23.5 Å². The van der Waals surface area contributed by atoms with E-state index in [1.165, 1.54) is 17.0 Å². The standard InChI is InChI=1S/C15H17BrN2O3S2/c16-12-3-1-5-14(11-12)23(20,21)18-9-7-15(19)17-8-6-13-4-2-10-22-13/h1-5,10-11,18H,6-9H2,(H,17,19). The number of nitrogens with one attached hydrogen (secondary N) is 2. The lowest BCUT2D eigenvalue weighted by atomic mass is 10.3. The van der Waals surface area contributed by atoms with Gasteiger partial charge in [0.15, 0.2) is 0 Å². The van der Waals surface area contributed by atoms with E-state index < -0.39 is 10.0 Å². The third-order valence-electron chi connectivity index (χ3n) is 3.02. The smallest absolute Gasteiger partial charge is 0.240 e.